The maximum atomic E-state index is 10.0. The largest absolute Gasteiger partial charge is 0.389 e. The van der Waals surface area contributed by atoms with Crippen LogP contribution in [-0.2, 0) is 9.47 Å². The highest BCUT2D eigenvalue weighted by Crippen LogP contribution is 2.07. The van der Waals surface area contributed by atoms with Gasteiger partial charge in [-0.3, -0.25) is 4.90 Å². The zero-order valence-electron chi connectivity index (χ0n) is 11.9. The van der Waals surface area contributed by atoms with Crippen molar-refractivity contribution in [2.75, 3.05) is 46.5 Å². The van der Waals surface area contributed by atoms with E-state index in [2.05, 4.69) is 17.1 Å². The predicted molar refractivity (Wildman–Crippen MR) is 71.8 cm³/mol. The van der Waals surface area contributed by atoms with E-state index in [-0.39, 0.29) is 6.10 Å². The fraction of sp³-hybridized carbons (Fsp3) is 1.00. The highest BCUT2D eigenvalue weighted by molar-refractivity contribution is 4.85. The number of rotatable bonds is 10. The van der Waals surface area contributed by atoms with Gasteiger partial charge < -0.3 is 19.9 Å². The van der Waals surface area contributed by atoms with Crippen LogP contribution in [0.3, 0.4) is 0 Å². The minimum absolute atomic E-state index is 0.0367. The van der Waals surface area contributed by atoms with Gasteiger partial charge in [0.1, 0.15) is 0 Å². The summed E-state index contributed by atoms with van der Waals surface area (Å²) in [6.07, 6.45) is 0.732. The second kappa shape index (κ2) is 8.82. The molecule has 1 saturated heterocycles. The van der Waals surface area contributed by atoms with Crippen LogP contribution in [0, 0.1) is 0 Å². The van der Waals surface area contributed by atoms with Gasteiger partial charge in [-0.15, -0.1) is 0 Å². The van der Waals surface area contributed by atoms with E-state index in [0.717, 1.165) is 26.1 Å². The Bertz CT molecular complexity index is 212. The summed E-state index contributed by atoms with van der Waals surface area (Å²) in [5.41, 5.74) is 0. The smallest absolute Gasteiger partial charge is 0.0900 e. The lowest BCUT2D eigenvalue weighted by Crippen LogP contribution is -2.59. The number of ether oxygens (including phenoxy) is 2. The van der Waals surface area contributed by atoms with E-state index in [4.69, 9.17) is 9.47 Å². The molecule has 0 aromatic rings. The number of aliphatic hydroxyl groups excluding tert-OH is 1. The molecule has 0 bridgehead atoms. The van der Waals surface area contributed by atoms with Crippen molar-refractivity contribution in [3.63, 3.8) is 0 Å². The molecule has 0 aromatic carbocycles. The van der Waals surface area contributed by atoms with Gasteiger partial charge in [-0.2, -0.15) is 0 Å². The summed E-state index contributed by atoms with van der Waals surface area (Å²) in [5.74, 6) is 0. The number of nitrogens with one attached hydrogen (secondary N) is 1. The van der Waals surface area contributed by atoms with Crippen LogP contribution in [0.2, 0.25) is 0 Å². The normalized spacial score (nSPS) is 19.8. The molecule has 2 N–H and O–H groups in total. The molecule has 5 nitrogen and oxygen atoms in total. The third-order valence-electron chi connectivity index (χ3n) is 3.21. The first-order valence-corrected chi connectivity index (χ1v) is 6.90. The molecule has 0 aromatic heterocycles. The predicted octanol–water partition coefficient (Wildman–Crippen LogP) is 0.0826. The Labute approximate surface area is 110 Å². The Morgan fingerprint density at radius 2 is 2.11 bits per heavy atom. The fourth-order valence-corrected chi connectivity index (χ4v) is 2.12. The summed E-state index contributed by atoms with van der Waals surface area (Å²) in [6.45, 7) is 8.87. The zero-order chi connectivity index (χ0) is 13.4. The van der Waals surface area contributed by atoms with Crippen LogP contribution in [0.4, 0.5) is 0 Å². The van der Waals surface area contributed by atoms with E-state index in [1.54, 1.807) is 7.11 Å². The Morgan fingerprint density at radius 1 is 1.39 bits per heavy atom. The highest BCUT2D eigenvalue weighted by Gasteiger charge is 2.25. The Morgan fingerprint density at radius 3 is 2.61 bits per heavy atom. The number of hydrogen-bond acceptors (Lipinski definition) is 5. The Kier molecular flexibility index (Phi) is 7.77. The lowest BCUT2D eigenvalue weighted by atomic mass is 10.1. The summed E-state index contributed by atoms with van der Waals surface area (Å²) < 4.78 is 10.5. The van der Waals surface area contributed by atoms with E-state index in [1.165, 1.54) is 0 Å². The van der Waals surface area contributed by atoms with Gasteiger partial charge >= 0.3 is 0 Å². The molecule has 0 saturated carbocycles. The molecule has 2 unspecified atom stereocenters. The molecular weight excluding hydrogens is 232 g/mol. The lowest BCUT2D eigenvalue weighted by Gasteiger charge is -2.39. The number of hydrogen-bond donors (Lipinski definition) is 2. The summed E-state index contributed by atoms with van der Waals surface area (Å²) in [6, 6.07) is 0.580. The average Bonchev–Trinajstić information content (AvgIpc) is 2.25. The second-order valence-corrected chi connectivity index (χ2v) is 5.06. The van der Waals surface area contributed by atoms with Gasteiger partial charge in [0.15, 0.2) is 0 Å². The van der Waals surface area contributed by atoms with E-state index < -0.39 is 6.10 Å². The van der Waals surface area contributed by atoms with Crippen LogP contribution in [0.25, 0.3) is 0 Å². The zero-order valence-corrected chi connectivity index (χ0v) is 11.9. The third kappa shape index (κ3) is 5.63. The molecule has 2 atom stereocenters. The lowest BCUT2D eigenvalue weighted by molar-refractivity contribution is -0.0447. The van der Waals surface area contributed by atoms with Gasteiger partial charge in [0.25, 0.3) is 0 Å². The SMILES string of the molecule is CCCN(CC(O)COC(C)COC)C1CNC1. The summed E-state index contributed by atoms with van der Waals surface area (Å²) in [4.78, 5) is 2.35. The molecule has 0 radical (unpaired) electrons. The number of methoxy groups -OCH3 is 1. The van der Waals surface area contributed by atoms with Crippen LogP contribution in [-0.4, -0.2) is 74.8 Å². The topological polar surface area (TPSA) is 54.0 Å². The molecule has 1 aliphatic heterocycles. The van der Waals surface area contributed by atoms with Crippen LogP contribution in [0.1, 0.15) is 20.3 Å². The Balaban J connectivity index is 2.20. The first kappa shape index (κ1) is 15.9. The second-order valence-electron chi connectivity index (χ2n) is 5.06. The van der Waals surface area contributed by atoms with E-state index in [1.807, 2.05) is 6.92 Å². The monoisotopic (exact) mass is 260 g/mol. The van der Waals surface area contributed by atoms with Crippen LogP contribution in [0.15, 0.2) is 0 Å². The van der Waals surface area contributed by atoms with Gasteiger partial charge in [-0.25, -0.2) is 0 Å². The molecule has 1 aliphatic rings. The first-order chi connectivity index (χ1) is 8.67. The van der Waals surface area contributed by atoms with Crippen molar-refractivity contribution in [2.45, 2.75) is 38.5 Å². The minimum Gasteiger partial charge on any atom is -0.389 e. The van der Waals surface area contributed by atoms with Crippen LogP contribution in [0.5, 0.6) is 0 Å². The standard InChI is InChI=1S/C13H28N2O3/c1-4-5-15(12-6-14-7-12)8-13(16)10-18-11(2)9-17-3/h11-14,16H,4-10H2,1-3H3. The molecule has 0 amide bonds. The van der Waals surface area contributed by atoms with Crippen molar-refractivity contribution in [2.24, 2.45) is 0 Å². The minimum atomic E-state index is -0.420. The van der Waals surface area contributed by atoms with Crippen LogP contribution >= 0.6 is 0 Å². The van der Waals surface area contributed by atoms with Gasteiger partial charge in [-0.1, -0.05) is 6.92 Å². The first-order valence-electron chi connectivity index (χ1n) is 6.90. The third-order valence-corrected chi connectivity index (χ3v) is 3.21. The summed E-state index contributed by atoms with van der Waals surface area (Å²) >= 11 is 0. The average molecular weight is 260 g/mol. The van der Waals surface area contributed by atoms with E-state index >= 15 is 0 Å². The van der Waals surface area contributed by atoms with Crippen molar-refractivity contribution >= 4 is 0 Å². The Hall–Kier alpha value is -0.200. The molecule has 1 heterocycles. The molecular formula is C13H28N2O3. The summed E-state index contributed by atoms with van der Waals surface area (Å²) in [7, 11) is 1.66. The van der Waals surface area contributed by atoms with Crippen molar-refractivity contribution in [3.8, 4) is 0 Å². The number of nitrogens with zero attached hydrogens (tertiary/aromatic N) is 1. The quantitative estimate of drug-likeness (QED) is 0.583. The molecule has 5 heteroatoms. The van der Waals surface area contributed by atoms with Crippen molar-refractivity contribution in [1.29, 1.82) is 0 Å². The number of aliphatic hydroxyl groups is 1. The molecule has 0 aliphatic carbocycles. The van der Waals surface area contributed by atoms with E-state index in [9.17, 15) is 5.11 Å². The van der Waals surface area contributed by atoms with Crippen LogP contribution < -0.4 is 5.32 Å². The maximum Gasteiger partial charge on any atom is 0.0900 e. The summed E-state index contributed by atoms with van der Waals surface area (Å²) in [5, 5.41) is 13.3. The van der Waals surface area contributed by atoms with Gasteiger partial charge in [0, 0.05) is 32.8 Å². The molecule has 108 valence electrons. The molecule has 18 heavy (non-hydrogen) atoms. The van der Waals surface area contributed by atoms with Crippen molar-refractivity contribution < 1.29 is 14.6 Å². The maximum absolute atomic E-state index is 10.0. The van der Waals surface area contributed by atoms with Crippen molar-refractivity contribution in [1.82, 2.24) is 10.2 Å². The molecule has 1 fully saturated rings. The van der Waals surface area contributed by atoms with Gasteiger partial charge in [-0.05, 0) is 19.9 Å². The molecule has 0 spiro atoms. The van der Waals surface area contributed by atoms with E-state index in [0.29, 0.717) is 25.8 Å². The fourth-order valence-electron chi connectivity index (χ4n) is 2.12. The molecule has 1 rings (SSSR count). The van der Waals surface area contributed by atoms with Gasteiger partial charge in [0.05, 0.1) is 25.4 Å². The highest BCUT2D eigenvalue weighted by atomic mass is 16.5. The van der Waals surface area contributed by atoms with Gasteiger partial charge in [0.2, 0.25) is 0 Å². The van der Waals surface area contributed by atoms with Crippen molar-refractivity contribution in [3.05, 3.63) is 0 Å².